The van der Waals surface area contributed by atoms with Gasteiger partial charge < -0.3 is 14.6 Å². The van der Waals surface area contributed by atoms with Crippen LogP contribution < -0.4 is 0 Å². The van der Waals surface area contributed by atoms with Gasteiger partial charge in [0.2, 0.25) is 0 Å². The van der Waals surface area contributed by atoms with Crippen molar-refractivity contribution in [3.05, 3.63) is 65.0 Å². The zero-order valence-electron chi connectivity index (χ0n) is 16.2. The summed E-state index contributed by atoms with van der Waals surface area (Å²) in [6.45, 7) is 2.71. The lowest BCUT2D eigenvalue weighted by Gasteiger charge is -2.50. The number of aryl methyl sites for hydroxylation is 1. The van der Waals surface area contributed by atoms with Gasteiger partial charge in [-0.3, -0.25) is 4.90 Å². The maximum atomic E-state index is 12.8. The summed E-state index contributed by atoms with van der Waals surface area (Å²) >= 11 is 0. The molecule has 2 aliphatic rings. The third kappa shape index (κ3) is 3.82. The highest BCUT2D eigenvalue weighted by Gasteiger charge is 2.49. The molecule has 29 heavy (non-hydrogen) atoms. The standard InChI is InChI=1S/C22H23N3O4/c1-15-7-17(11-24-20(15)10-23)22(27)8-18-13-28-14-19(9-22)25(18)21(26)29-12-16-5-3-2-4-6-16/h2-7,11,18-19,27H,8-9,12-14H2,1H3. The van der Waals surface area contributed by atoms with Crippen LogP contribution >= 0.6 is 0 Å². The van der Waals surface area contributed by atoms with E-state index in [4.69, 9.17) is 14.7 Å². The maximum absolute atomic E-state index is 12.8. The van der Waals surface area contributed by atoms with Crippen molar-refractivity contribution in [2.24, 2.45) is 0 Å². The number of carbonyl (C=O) groups excluding carboxylic acids is 1. The predicted octanol–water partition coefficient (Wildman–Crippen LogP) is 2.65. The van der Waals surface area contributed by atoms with Crippen molar-refractivity contribution in [2.75, 3.05) is 13.2 Å². The molecule has 2 fully saturated rings. The van der Waals surface area contributed by atoms with Gasteiger partial charge >= 0.3 is 6.09 Å². The molecule has 7 heteroatoms. The Bertz CT molecular complexity index is 927. The molecule has 2 saturated heterocycles. The molecule has 7 nitrogen and oxygen atoms in total. The molecular formula is C22H23N3O4. The van der Waals surface area contributed by atoms with E-state index in [0.717, 1.165) is 11.1 Å². The first-order valence-electron chi connectivity index (χ1n) is 9.66. The van der Waals surface area contributed by atoms with Crippen LogP contribution in [-0.4, -0.2) is 46.4 Å². The quantitative estimate of drug-likeness (QED) is 0.861. The molecule has 1 aromatic heterocycles. The second-order valence-corrected chi connectivity index (χ2v) is 7.73. The lowest BCUT2D eigenvalue weighted by molar-refractivity contribution is -0.137. The fraction of sp³-hybridized carbons (Fsp3) is 0.409. The molecular weight excluding hydrogens is 370 g/mol. The molecule has 1 amide bonds. The smallest absolute Gasteiger partial charge is 0.410 e. The van der Waals surface area contributed by atoms with Gasteiger partial charge in [0.05, 0.1) is 30.9 Å². The van der Waals surface area contributed by atoms with E-state index in [0.29, 0.717) is 37.3 Å². The second-order valence-electron chi connectivity index (χ2n) is 7.73. The summed E-state index contributed by atoms with van der Waals surface area (Å²) in [5, 5.41) is 20.5. The first-order chi connectivity index (χ1) is 14.0. The van der Waals surface area contributed by atoms with Crippen LogP contribution in [0.5, 0.6) is 0 Å². The zero-order valence-corrected chi connectivity index (χ0v) is 16.2. The Kier molecular flexibility index (Phi) is 5.22. The third-order valence-electron chi connectivity index (χ3n) is 5.69. The fourth-order valence-corrected chi connectivity index (χ4v) is 4.25. The molecule has 0 spiro atoms. The van der Waals surface area contributed by atoms with Gasteiger partial charge in [0.15, 0.2) is 0 Å². The van der Waals surface area contributed by atoms with Gasteiger partial charge in [0, 0.05) is 24.6 Å². The number of pyridine rings is 1. The molecule has 0 saturated carbocycles. The van der Waals surface area contributed by atoms with Crippen LogP contribution in [0.4, 0.5) is 4.79 Å². The Hall–Kier alpha value is -2.95. The number of hydrogen-bond acceptors (Lipinski definition) is 6. The number of piperidine rings is 1. The van der Waals surface area contributed by atoms with Gasteiger partial charge in [0.1, 0.15) is 18.4 Å². The van der Waals surface area contributed by atoms with E-state index >= 15 is 0 Å². The van der Waals surface area contributed by atoms with Crippen LogP contribution in [0.2, 0.25) is 0 Å². The average Bonchev–Trinajstić information content (AvgIpc) is 2.72. The molecule has 150 valence electrons. The highest BCUT2D eigenvalue weighted by atomic mass is 16.6. The van der Waals surface area contributed by atoms with Crippen molar-refractivity contribution in [3.63, 3.8) is 0 Å². The first-order valence-corrected chi connectivity index (χ1v) is 9.66. The zero-order chi connectivity index (χ0) is 20.4. The van der Waals surface area contributed by atoms with E-state index in [1.165, 1.54) is 0 Å². The molecule has 1 aromatic carbocycles. The number of aliphatic hydroxyl groups is 1. The van der Waals surface area contributed by atoms with Gasteiger partial charge in [-0.1, -0.05) is 30.3 Å². The van der Waals surface area contributed by atoms with Crippen LogP contribution in [0.25, 0.3) is 0 Å². The number of benzene rings is 1. The molecule has 0 aliphatic carbocycles. The Morgan fingerprint density at radius 3 is 2.66 bits per heavy atom. The minimum absolute atomic E-state index is 0.208. The summed E-state index contributed by atoms with van der Waals surface area (Å²) in [7, 11) is 0. The number of carbonyl (C=O) groups is 1. The first kappa shape index (κ1) is 19.4. The van der Waals surface area contributed by atoms with Crippen LogP contribution in [0, 0.1) is 18.3 Å². The van der Waals surface area contributed by atoms with Crippen molar-refractivity contribution in [3.8, 4) is 6.07 Å². The number of hydrogen-bond donors (Lipinski definition) is 1. The van der Waals surface area contributed by atoms with Crippen LogP contribution in [0.1, 0.15) is 35.2 Å². The van der Waals surface area contributed by atoms with Gasteiger partial charge in [-0.25, -0.2) is 9.78 Å². The minimum Gasteiger partial charge on any atom is -0.445 e. The highest BCUT2D eigenvalue weighted by Crippen LogP contribution is 2.41. The molecule has 2 aliphatic heterocycles. The number of morpholine rings is 1. The summed E-state index contributed by atoms with van der Waals surface area (Å²) in [5.74, 6) is 0. The van der Waals surface area contributed by atoms with Crippen LogP contribution in [0.15, 0.2) is 42.6 Å². The van der Waals surface area contributed by atoms with Gasteiger partial charge in [-0.15, -0.1) is 0 Å². The van der Waals surface area contributed by atoms with Crippen molar-refractivity contribution in [2.45, 2.75) is 44.1 Å². The van der Waals surface area contributed by atoms with Crippen LogP contribution in [-0.2, 0) is 21.7 Å². The Morgan fingerprint density at radius 1 is 1.34 bits per heavy atom. The lowest BCUT2D eigenvalue weighted by atomic mass is 9.77. The Labute approximate surface area is 169 Å². The largest absolute Gasteiger partial charge is 0.445 e. The van der Waals surface area contributed by atoms with E-state index in [2.05, 4.69) is 4.98 Å². The molecule has 2 aromatic rings. The molecule has 1 N–H and O–H groups in total. The van der Waals surface area contributed by atoms with E-state index in [1.807, 2.05) is 42.5 Å². The summed E-state index contributed by atoms with van der Waals surface area (Å²) < 4.78 is 11.2. The summed E-state index contributed by atoms with van der Waals surface area (Å²) in [5.41, 5.74) is 1.55. The van der Waals surface area contributed by atoms with E-state index in [1.54, 1.807) is 18.0 Å². The Balaban J connectivity index is 1.50. The van der Waals surface area contributed by atoms with Gasteiger partial charge in [-0.05, 0) is 24.1 Å². The molecule has 0 radical (unpaired) electrons. The molecule has 2 bridgehead atoms. The van der Waals surface area contributed by atoms with Crippen molar-refractivity contribution < 1.29 is 19.4 Å². The van der Waals surface area contributed by atoms with Crippen molar-refractivity contribution >= 4 is 6.09 Å². The average molecular weight is 393 g/mol. The topological polar surface area (TPSA) is 95.7 Å². The van der Waals surface area contributed by atoms with Gasteiger partial charge in [-0.2, -0.15) is 5.26 Å². The third-order valence-corrected chi connectivity index (χ3v) is 5.69. The predicted molar refractivity (Wildman–Crippen MR) is 104 cm³/mol. The molecule has 2 unspecified atom stereocenters. The SMILES string of the molecule is Cc1cc(C2(O)CC3COCC(C2)N3C(=O)OCc2ccccc2)cnc1C#N. The number of ether oxygens (including phenoxy) is 2. The minimum atomic E-state index is -1.12. The molecule has 3 heterocycles. The number of fused-ring (bicyclic) bond motifs is 2. The number of aromatic nitrogens is 1. The van der Waals surface area contributed by atoms with Crippen molar-refractivity contribution in [1.82, 2.24) is 9.88 Å². The number of nitrogens with zero attached hydrogens (tertiary/aromatic N) is 3. The van der Waals surface area contributed by atoms with Crippen molar-refractivity contribution in [1.29, 1.82) is 5.26 Å². The van der Waals surface area contributed by atoms with Crippen LogP contribution in [0.3, 0.4) is 0 Å². The van der Waals surface area contributed by atoms with E-state index in [-0.39, 0.29) is 24.8 Å². The molecule has 4 rings (SSSR count). The normalized spacial score (nSPS) is 25.9. The summed E-state index contributed by atoms with van der Waals surface area (Å²) in [6, 6.07) is 12.8. The number of amides is 1. The fourth-order valence-electron chi connectivity index (χ4n) is 4.25. The van der Waals surface area contributed by atoms with E-state index < -0.39 is 5.60 Å². The number of nitriles is 1. The summed E-state index contributed by atoms with van der Waals surface area (Å²) in [4.78, 5) is 18.7. The van der Waals surface area contributed by atoms with E-state index in [9.17, 15) is 9.90 Å². The lowest BCUT2D eigenvalue weighted by Crippen LogP contribution is -2.62. The monoisotopic (exact) mass is 393 g/mol. The highest BCUT2D eigenvalue weighted by molar-refractivity contribution is 5.69. The molecule has 2 atom stereocenters. The second kappa shape index (κ2) is 7.82. The maximum Gasteiger partial charge on any atom is 0.410 e. The van der Waals surface area contributed by atoms with Gasteiger partial charge in [0.25, 0.3) is 0 Å². The summed E-state index contributed by atoms with van der Waals surface area (Å²) in [6.07, 6.45) is 1.84. The Morgan fingerprint density at radius 2 is 2.03 bits per heavy atom. The number of rotatable bonds is 3.